The predicted molar refractivity (Wildman–Crippen MR) is 61.6 cm³/mol. The van der Waals surface area contributed by atoms with Gasteiger partial charge in [0.15, 0.2) is 5.92 Å². The lowest BCUT2D eigenvalue weighted by molar-refractivity contribution is -0.146. The maximum absolute atomic E-state index is 11.6. The number of carboxylic acids is 1. The zero-order chi connectivity index (χ0) is 12.4. The van der Waals surface area contributed by atoms with Crippen LogP contribution in [0.25, 0.3) is 0 Å². The van der Waals surface area contributed by atoms with Gasteiger partial charge in [-0.1, -0.05) is 23.7 Å². The molecule has 1 heterocycles. The third-order valence-corrected chi connectivity index (χ3v) is 2.60. The summed E-state index contributed by atoms with van der Waals surface area (Å²) in [7, 11) is 0. The van der Waals surface area contributed by atoms with Crippen LogP contribution in [0.3, 0.4) is 0 Å². The third-order valence-electron chi connectivity index (χ3n) is 2.36. The van der Waals surface area contributed by atoms with E-state index in [1.54, 1.807) is 24.3 Å². The van der Waals surface area contributed by atoms with Crippen LogP contribution < -0.4 is 0 Å². The van der Waals surface area contributed by atoms with Crippen molar-refractivity contribution in [2.75, 3.05) is 0 Å². The fraction of sp³-hybridized carbons (Fsp3) is 0.182. The molecule has 1 unspecified atom stereocenters. The molecule has 0 saturated carbocycles. The molecule has 1 aliphatic heterocycles. The third kappa shape index (κ3) is 2.45. The topological polar surface area (TPSA) is 70.0 Å². The molecule has 5 nitrogen and oxygen atoms in total. The van der Waals surface area contributed by atoms with Crippen LogP contribution >= 0.6 is 11.6 Å². The molecule has 88 valence electrons. The van der Waals surface area contributed by atoms with Crippen LogP contribution in [0.15, 0.2) is 29.4 Å². The van der Waals surface area contributed by atoms with Crippen molar-refractivity contribution in [2.24, 2.45) is 11.0 Å². The normalized spacial score (nSPS) is 18.8. The maximum atomic E-state index is 11.6. The summed E-state index contributed by atoms with van der Waals surface area (Å²) in [5, 5.41) is 14.2. The van der Waals surface area contributed by atoms with Crippen molar-refractivity contribution in [3.63, 3.8) is 0 Å². The lowest BCUT2D eigenvalue weighted by atomic mass is 10.1. The molecule has 1 aromatic rings. The summed E-state index contributed by atoms with van der Waals surface area (Å²) in [6.07, 6.45) is 1.13. The van der Waals surface area contributed by atoms with E-state index in [4.69, 9.17) is 16.7 Å². The van der Waals surface area contributed by atoms with Gasteiger partial charge in [0.25, 0.3) is 5.91 Å². The molecule has 1 aliphatic rings. The van der Waals surface area contributed by atoms with Crippen LogP contribution in [0.4, 0.5) is 0 Å². The van der Waals surface area contributed by atoms with Gasteiger partial charge in [0, 0.05) is 11.2 Å². The van der Waals surface area contributed by atoms with Crippen molar-refractivity contribution in [3.05, 3.63) is 34.9 Å². The Hall–Kier alpha value is -1.88. The first-order valence-electron chi connectivity index (χ1n) is 4.90. The van der Waals surface area contributed by atoms with Crippen molar-refractivity contribution in [1.29, 1.82) is 0 Å². The minimum Gasteiger partial charge on any atom is -0.480 e. The molecule has 1 N–H and O–H groups in total. The molecular weight excluding hydrogens is 244 g/mol. The number of carbonyl (C=O) groups is 2. The van der Waals surface area contributed by atoms with Gasteiger partial charge < -0.3 is 5.11 Å². The van der Waals surface area contributed by atoms with Gasteiger partial charge in [-0.05, 0) is 17.7 Å². The Balaban J connectivity index is 2.09. The first-order valence-corrected chi connectivity index (χ1v) is 5.28. The minimum absolute atomic E-state index is 0.222. The number of benzene rings is 1. The summed E-state index contributed by atoms with van der Waals surface area (Å²) in [5.74, 6) is -2.89. The van der Waals surface area contributed by atoms with E-state index in [9.17, 15) is 9.59 Å². The van der Waals surface area contributed by atoms with Crippen molar-refractivity contribution in [1.82, 2.24) is 5.01 Å². The smallest absolute Gasteiger partial charge is 0.321 e. The molecule has 6 heteroatoms. The van der Waals surface area contributed by atoms with E-state index < -0.39 is 17.8 Å². The number of nitrogens with zero attached hydrogens (tertiary/aromatic N) is 2. The average molecular weight is 253 g/mol. The van der Waals surface area contributed by atoms with E-state index >= 15 is 0 Å². The lowest BCUT2D eigenvalue weighted by Gasteiger charge is -2.12. The lowest BCUT2D eigenvalue weighted by Crippen LogP contribution is -2.30. The Labute approximate surface area is 102 Å². The number of aliphatic carboxylic acids is 1. The van der Waals surface area contributed by atoms with Crippen LogP contribution in [0.2, 0.25) is 5.02 Å². The van der Waals surface area contributed by atoms with Crippen LogP contribution in [0, 0.1) is 5.92 Å². The predicted octanol–water partition coefficient (Wildman–Crippen LogP) is 1.37. The summed E-state index contributed by atoms with van der Waals surface area (Å²) in [6, 6.07) is 6.98. The SMILES string of the molecule is O=C(O)C1C=NN(Cc2cccc(Cl)c2)C1=O. The van der Waals surface area contributed by atoms with Crippen LogP contribution in [-0.2, 0) is 16.1 Å². The summed E-state index contributed by atoms with van der Waals surface area (Å²) in [4.78, 5) is 22.3. The molecule has 0 aromatic heterocycles. The zero-order valence-corrected chi connectivity index (χ0v) is 9.46. The molecule has 0 aliphatic carbocycles. The van der Waals surface area contributed by atoms with Gasteiger partial charge in [-0.15, -0.1) is 0 Å². The molecule has 2 rings (SSSR count). The minimum atomic E-state index is -1.19. The second kappa shape index (κ2) is 4.55. The molecule has 0 saturated heterocycles. The fourth-order valence-corrected chi connectivity index (χ4v) is 1.74. The first kappa shape index (κ1) is 11.6. The number of hydrogen-bond donors (Lipinski definition) is 1. The van der Waals surface area contributed by atoms with Gasteiger partial charge in [-0.25, -0.2) is 5.01 Å². The molecule has 0 spiro atoms. The second-order valence-electron chi connectivity index (χ2n) is 3.61. The van der Waals surface area contributed by atoms with Crippen molar-refractivity contribution in [2.45, 2.75) is 6.54 Å². The Bertz CT molecular complexity index is 501. The highest BCUT2D eigenvalue weighted by molar-refractivity contribution is 6.30. The highest BCUT2D eigenvalue weighted by Gasteiger charge is 2.34. The first-order chi connectivity index (χ1) is 8.08. The number of carbonyl (C=O) groups excluding carboxylic acids is 1. The largest absolute Gasteiger partial charge is 0.480 e. The van der Waals surface area contributed by atoms with Crippen molar-refractivity contribution in [3.8, 4) is 0 Å². The molecule has 0 bridgehead atoms. The summed E-state index contributed by atoms with van der Waals surface area (Å²) in [5.41, 5.74) is 0.800. The Kier molecular flexibility index (Phi) is 3.10. The molecule has 1 aromatic carbocycles. The van der Waals surface area contributed by atoms with Crippen LogP contribution in [0.5, 0.6) is 0 Å². The van der Waals surface area contributed by atoms with Gasteiger partial charge in [0.1, 0.15) is 0 Å². The quantitative estimate of drug-likeness (QED) is 0.826. The Morgan fingerprint density at radius 1 is 1.53 bits per heavy atom. The summed E-state index contributed by atoms with van der Waals surface area (Å²) in [6.45, 7) is 0.222. The monoisotopic (exact) mass is 252 g/mol. The number of amides is 1. The van der Waals surface area contributed by atoms with Crippen LogP contribution in [0.1, 0.15) is 5.56 Å². The van der Waals surface area contributed by atoms with E-state index in [0.717, 1.165) is 16.8 Å². The number of carboxylic acid groups (broad SMARTS) is 1. The van der Waals surface area contributed by atoms with E-state index in [0.29, 0.717) is 5.02 Å². The molecule has 1 amide bonds. The van der Waals surface area contributed by atoms with E-state index in [2.05, 4.69) is 5.10 Å². The highest BCUT2D eigenvalue weighted by atomic mass is 35.5. The average Bonchev–Trinajstić information content (AvgIpc) is 2.61. The van der Waals surface area contributed by atoms with Gasteiger partial charge in [-0.3, -0.25) is 9.59 Å². The maximum Gasteiger partial charge on any atom is 0.321 e. The van der Waals surface area contributed by atoms with Gasteiger partial charge in [0.05, 0.1) is 6.54 Å². The molecule has 1 atom stereocenters. The molecule has 17 heavy (non-hydrogen) atoms. The summed E-state index contributed by atoms with van der Waals surface area (Å²) >= 11 is 5.81. The zero-order valence-electron chi connectivity index (χ0n) is 8.71. The molecular formula is C11H9ClN2O3. The van der Waals surface area contributed by atoms with Crippen molar-refractivity contribution < 1.29 is 14.7 Å². The molecule has 0 fully saturated rings. The highest BCUT2D eigenvalue weighted by Crippen LogP contribution is 2.17. The fourth-order valence-electron chi connectivity index (χ4n) is 1.52. The Morgan fingerprint density at radius 2 is 2.29 bits per heavy atom. The van der Waals surface area contributed by atoms with E-state index in [1.807, 2.05) is 0 Å². The number of hydrazone groups is 1. The summed E-state index contributed by atoms with van der Waals surface area (Å²) < 4.78 is 0. The Morgan fingerprint density at radius 3 is 2.88 bits per heavy atom. The molecule has 0 radical (unpaired) electrons. The second-order valence-corrected chi connectivity index (χ2v) is 4.04. The standard InChI is InChI=1S/C11H9ClN2O3/c12-8-3-1-2-7(4-8)6-14-10(15)9(5-13-14)11(16)17/h1-5,9H,6H2,(H,16,17). The van der Waals surface area contributed by atoms with Gasteiger partial charge in [-0.2, -0.15) is 5.10 Å². The van der Waals surface area contributed by atoms with Crippen LogP contribution in [-0.4, -0.2) is 28.2 Å². The van der Waals surface area contributed by atoms with Gasteiger partial charge in [0.2, 0.25) is 0 Å². The number of rotatable bonds is 3. The van der Waals surface area contributed by atoms with Gasteiger partial charge >= 0.3 is 5.97 Å². The van der Waals surface area contributed by atoms with E-state index in [1.165, 1.54) is 0 Å². The van der Waals surface area contributed by atoms with Crippen molar-refractivity contribution >= 4 is 29.7 Å². The number of hydrogen-bond acceptors (Lipinski definition) is 3. The number of halogens is 1. The van der Waals surface area contributed by atoms with E-state index in [-0.39, 0.29) is 6.54 Å².